The number of unbranched alkanes of at least 4 members (excludes halogenated alkanes) is 1. The van der Waals surface area contributed by atoms with E-state index in [2.05, 4.69) is 9.68 Å². The van der Waals surface area contributed by atoms with Crippen LogP contribution in [0, 0.1) is 0 Å². The number of esters is 2. The van der Waals surface area contributed by atoms with E-state index in [9.17, 15) is 18.0 Å². The number of nitrogens with zero attached hydrogens (tertiary/aromatic N) is 2. The number of rotatable bonds is 16. The van der Waals surface area contributed by atoms with Gasteiger partial charge in [0.15, 0.2) is 9.84 Å². The highest BCUT2D eigenvalue weighted by atomic mass is 32.2. The van der Waals surface area contributed by atoms with Crippen molar-refractivity contribution in [2.75, 3.05) is 26.1 Å². The van der Waals surface area contributed by atoms with Crippen LogP contribution in [-0.4, -0.2) is 84.1 Å². The van der Waals surface area contributed by atoms with Crippen LogP contribution in [0.4, 0.5) is 0 Å². The molecule has 14 nitrogen and oxygen atoms in total. The van der Waals surface area contributed by atoms with Gasteiger partial charge in [-0.1, -0.05) is 42.5 Å². The van der Waals surface area contributed by atoms with E-state index < -0.39 is 45.3 Å². The molecule has 0 aliphatic rings. The quantitative estimate of drug-likeness (QED) is 0.0739. The van der Waals surface area contributed by atoms with Crippen molar-refractivity contribution in [1.29, 1.82) is 0 Å². The van der Waals surface area contributed by atoms with Gasteiger partial charge in [-0.2, -0.15) is 0 Å². The van der Waals surface area contributed by atoms with Crippen molar-refractivity contribution in [2.24, 2.45) is 0 Å². The van der Waals surface area contributed by atoms with Crippen LogP contribution < -0.4 is 0 Å². The molecule has 2 rings (SSSR count). The molecule has 15 heteroatoms. The van der Waals surface area contributed by atoms with Crippen LogP contribution in [0.2, 0.25) is 0 Å². The van der Waals surface area contributed by atoms with E-state index in [0.717, 1.165) is 6.26 Å². The lowest BCUT2D eigenvalue weighted by atomic mass is 9.95. The summed E-state index contributed by atoms with van der Waals surface area (Å²) in [5, 5.41) is 33.9. The normalized spacial score (nSPS) is 13.2. The van der Waals surface area contributed by atoms with Gasteiger partial charge in [-0.05, 0) is 42.5 Å². The summed E-state index contributed by atoms with van der Waals surface area (Å²) >= 11 is 0. The Morgan fingerprint density at radius 3 is 2.08 bits per heavy atom. The van der Waals surface area contributed by atoms with E-state index in [1.807, 2.05) is 0 Å². The molecule has 0 fully saturated rings. The van der Waals surface area contributed by atoms with E-state index >= 15 is 0 Å². The first-order valence-corrected chi connectivity index (χ1v) is 13.8. The summed E-state index contributed by atoms with van der Waals surface area (Å²) in [6, 6.07) is 14.4. The predicted molar refractivity (Wildman–Crippen MR) is 136 cm³/mol. The molecule has 0 aliphatic carbocycles. The first-order chi connectivity index (χ1) is 18.9. The number of hydrogen-bond donors (Lipinski definition) is 4. The Kier molecular flexibility index (Phi) is 13.3. The summed E-state index contributed by atoms with van der Waals surface area (Å²) in [6.45, 7) is 0.462. The van der Waals surface area contributed by atoms with E-state index in [4.69, 9.17) is 30.3 Å². The third-order valence-corrected chi connectivity index (χ3v) is 6.52. The van der Waals surface area contributed by atoms with E-state index in [1.165, 1.54) is 31.2 Å². The molecule has 220 valence electrons. The molecule has 0 saturated heterocycles. The van der Waals surface area contributed by atoms with Crippen molar-refractivity contribution in [2.45, 2.75) is 37.2 Å². The van der Waals surface area contributed by atoms with Gasteiger partial charge in [0.05, 0.1) is 27.9 Å². The second kappa shape index (κ2) is 16.1. The standard InChI is InChI=1S/C25H32N2O12S/c1-18(28)37-17-23(19-11-13-22(14-12-19)40(2,34)35)24(20-8-4-3-5-9-20)25(29)36-15-7-6-10-21(39-27(32)33)16-38-26(30)31/h3-5,8-9,11-14,21,30-33H,6-7,10,15-17H2,1-2H3/b24-23+. The van der Waals surface area contributed by atoms with Crippen molar-refractivity contribution >= 4 is 32.9 Å². The zero-order chi connectivity index (χ0) is 29.7. The largest absolute Gasteiger partial charge is 0.462 e. The van der Waals surface area contributed by atoms with Gasteiger partial charge in [0, 0.05) is 18.8 Å². The van der Waals surface area contributed by atoms with Crippen LogP contribution in [-0.2, 0) is 38.6 Å². The SMILES string of the molecule is CC(=O)OC/C(=C(\C(=O)OCCCCC(CON(O)O)ON(O)O)c1ccccc1)c1ccc(S(C)(=O)=O)cc1. The summed E-state index contributed by atoms with van der Waals surface area (Å²) in [5.41, 5.74) is 1.35. The lowest BCUT2D eigenvalue weighted by molar-refractivity contribution is -0.527. The Bertz CT molecular complexity index is 1230. The first-order valence-electron chi connectivity index (χ1n) is 11.9. The molecule has 40 heavy (non-hydrogen) atoms. The molecule has 0 saturated carbocycles. The molecule has 4 N–H and O–H groups in total. The molecular weight excluding hydrogens is 552 g/mol. The lowest BCUT2D eigenvalue weighted by Crippen LogP contribution is -2.31. The van der Waals surface area contributed by atoms with Crippen molar-refractivity contribution in [3.05, 3.63) is 65.7 Å². The van der Waals surface area contributed by atoms with E-state index in [1.54, 1.807) is 30.3 Å². The molecule has 0 radical (unpaired) electrons. The summed E-state index contributed by atoms with van der Waals surface area (Å²) < 4.78 is 34.5. The highest BCUT2D eigenvalue weighted by Gasteiger charge is 2.22. The summed E-state index contributed by atoms with van der Waals surface area (Å²) in [4.78, 5) is 34.1. The minimum absolute atomic E-state index is 0.0509. The van der Waals surface area contributed by atoms with Gasteiger partial charge in [0.2, 0.25) is 0 Å². The monoisotopic (exact) mass is 584 g/mol. The van der Waals surface area contributed by atoms with Crippen LogP contribution in [0.5, 0.6) is 0 Å². The van der Waals surface area contributed by atoms with Crippen LogP contribution in [0.15, 0.2) is 59.5 Å². The number of benzene rings is 2. The molecule has 1 atom stereocenters. The van der Waals surface area contributed by atoms with Crippen LogP contribution in [0.25, 0.3) is 11.1 Å². The molecule has 0 aromatic heterocycles. The highest BCUT2D eigenvalue weighted by Crippen LogP contribution is 2.29. The smallest absolute Gasteiger partial charge is 0.339 e. The molecule has 0 aliphatic heterocycles. The third kappa shape index (κ3) is 11.5. The van der Waals surface area contributed by atoms with Crippen molar-refractivity contribution in [3.63, 3.8) is 0 Å². The average molecular weight is 585 g/mol. The molecule has 0 spiro atoms. The van der Waals surface area contributed by atoms with Gasteiger partial charge in [-0.15, -0.1) is 0 Å². The molecule has 0 bridgehead atoms. The van der Waals surface area contributed by atoms with Gasteiger partial charge in [0.25, 0.3) is 0 Å². The highest BCUT2D eigenvalue weighted by molar-refractivity contribution is 7.90. The zero-order valence-corrected chi connectivity index (χ0v) is 22.7. The summed E-state index contributed by atoms with van der Waals surface area (Å²) in [5.74, 6) is -1.30. The van der Waals surface area contributed by atoms with Crippen LogP contribution in [0.1, 0.15) is 37.3 Å². The van der Waals surface area contributed by atoms with Gasteiger partial charge < -0.3 is 9.47 Å². The average Bonchev–Trinajstić information content (AvgIpc) is 2.88. The number of carbonyl (C=O) groups excluding carboxylic acids is 2. The first kappa shape index (κ1) is 33.0. The fourth-order valence-corrected chi connectivity index (χ4v) is 4.19. The van der Waals surface area contributed by atoms with E-state index in [-0.39, 0.29) is 30.1 Å². The maximum absolute atomic E-state index is 13.4. The number of sulfone groups is 1. The molecule has 0 amide bonds. The van der Waals surface area contributed by atoms with Crippen molar-refractivity contribution in [3.8, 4) is 0 Å². The van der Waals surface area contributed by atoms with E-state index in [0.29, 0.717) is 29.5 Å². The fourth-order valence-electron chi connectivity index (χ4n) is 3.56. The number of ether oxygens (including phenoxy) is 2. The van der Waals surface area contributed by atoms with Crippen LogP contribution in [0.3, 0.4) is 0 Å². The minimum Gasteiger partial charge on any atom is -0.462 e. The van der Waals surface area contributed by atoms with Gasteiger partial charge in [0.1, 0.15) is 19.3 Å². The Labute approximate surface area is 230 Å². The van der Waals surface area contributed by atoms with Crippen LogP contribution >= 0.6 is 0 Å². The fraction of sp³-hybridized carbons (Fsp3) is 0.360. The maximum Gasteiger partial charge on any atom is 0.339 e. The van der Waals surface area contributed by atoms with Gasteiger partial charge >= 0.3 is 11.9 Å². The second-order valence-corrected chi connectivity index (χ2v) is 10.5. The topological polar surface area (TPSA) is 193 Å². The summed E-state index contributed by atoms with van der Waals surface area (Å²) in [7, 11) is -3.47. The Hall–Kier alpha value is -3.25. The maximum atomic E-state index is 13.4. The minimum atomic E-state index is -3.47. The molecule has 2 aromatic carbocycles. The van der Waals surface area contributed by atoms with Gasteiger partial charge in [-0.25, -0.2) is 22.9 Å². The van der Waals surface area contributed by atoms with Crippen molar-refractivity contribution in [1.82, 2.24) is 10.8 Å². The Balaban J connectivity index is 2.26. The lowest BCUT2D eigenvalue weighted by Gasteiger charge is -2.19. The second-order valence-electron chi connectivity index (χ2n) is 8.46. The molecule has 0 heterocycles. The number of carbonyl (C=O) groups is 2. The Morgan fingerprint density at radius 2 is 1.52 bits per heavy atom. The third-order valence-electron chi connectivity index (χ3n) is 5.39. The molecular formula is C25H32N2O12S. The molecule has 2 aromatic rings. The van der Waals surface area contributed by atoms with Gasteiger partial charge in [-0.3, -0.25) is 25.6 Å². The summed E-state index contributed by atoms with van der Waals surface area (Å²) in [6.07, 6.45) is 0.925. The number of hydrogen-bond acceptors (Lipinski definition) is 14. The molecule has 1 unspecified atom stereocenters. The Morgan fingerprint density at radius 1 is 0.875 bits per heavy atom. The zero-order valence-electron chi connectivity index (χ0n) is 21.9. The predicted octanol–water partition coefficient (Wildman–Crippen LogP) is 2.67. The van der Waals surface area contributed by atoms with Crippen molar-refractivity contribution < 1.29 is 58.0 Å².